The number of aldehydes is 1. The van der Waals surface area contributed by atoms with Gasteiger partial charge < -0.3 is 33.8 Å². The highest BCUT2D eigenvalue weighted by molar-refractivity contribution is 6.74. The summed E-state index contributed by atoms with van der Waals surface area (Å²) in [6, 6.07) is 5.77. The van der Waals surface area contributed by atoms with Gasteiger partial charge in [0.05, 0.1) is 41.3 Å². The van der Waals surface area contributed by atoms with Gasteiger partial charge in [-0.1, -0.05) is 32.0 Å². The van der Waals surface area contributed by atoms with Gasteiger partial charge in [-0.15, -0.1) is 0 Å². The quantitative estimate of drug-likeness (QED) is 0.102. The molecular formula is C36H53N5O7Si. The normalized spacial score (nSPS) is 14.3. The Morgan fingerprint density at radius 3 is 2.35 bits per heavy atom. The van der Waals surface area contributed by atoms with Crippen LogP contribution in [0.5, 0.6) is 11.5 Å². The van der Waals surface area contributed by atoms with Gasteiger partial charge in [0.25, 0.3) is 8.32 Å². The molecule has 0 aliphatic carbocycles. The molecule has 3 heterocycles. The summed E-state index contributed by atoms with van der Waals surface area (Å²) in [6.07, 6.45) is 3.21. The van der Waals surface area contributed by atoms with Crippen LogP contribution in [-0.2, 0) is 9.47 Å². The molecule has 1 aliphatic rings. The molecule has 0 saturated carbocycles. The molecule has 0 atom stereocenters. The number of hydrogen-bond donors (Lipinski definition) is 2. The van der Waals surface area contributed by atoms with Crippen molar-refractivity contribution in [1.29, 1.82) is 0 Å². The predicted molar refractivity (Wildman–Crippen MR) is 192 cm³/mol. The van der Waals surface area contributed by atoms with Gasteiger partial charge in [-0.2, -0.15) is 0 Å². The van der Waals surface area contributed by atoms with Crippen LogP contribution in [0.4, 0.5) is 10.6 Å². The van der Waals surface area contributed by atoms with E-state index >= 15 is 0 Å². The first-order valence-electron chi connectivity index (χ1n) is 17.1. The zero-order valence-electron chi connectivity index (χ0n) is 30.7. The van der Waals surface area contributed by atoms with Crippen LogP contribution >= 0.6 is 0 Å². The van der Waals surface area contributed by atoms with Crippen molar-refractivity contribution in [3.63, 3.8) is 0 Å². The Balaban J connectivity index is 1.73. The number of carbonyl (C=O) groups excluding carboxylic acids is 2. The zero-order valence-corrected chi connectivity index (χ0v) is 31.7. The van der Waals surface area contributed by atoms with E-state index in [-0.39, 0.29) is 23.2 Å². The number of aryl methyl sites for hydroxylation is 2. The van der Waals surface area contributed by atoms with E-state index in [1.54, 1.807) is 6.92 Å². The van der Waals surface area contributed by atoms with Crippen molar-refractivity contribution in [2.45, 2.75) is 111 Å². The molecule has 1 fully saturated rings. The van der Waals surface area contributed by atoms with E-state index in [9.17, 15) is 9.59 Å². The van der Waals surface area contributed by atoms with Crippen molar-refractivity contribution >= 4 is 26.5 Å². The third kappa shape index (κ3) is 9.81. The molecule has 3 aromatic rings. The highest BCUT2D eigenvalue weighted by Crippen LogP contribution is 2.45. The molecule has 12 nitrogen and oxygen atoms in total. The van der Waals surface area contributed by atoms with Gasteiger partial charge in [-0.25, -0.2) is 14.8 Å². The Morgan fingerprint density at radius 2 is 1.73 bits per heavy atom. The van der Waals surface area contributed by atoms with Crippen LogP contribution in [0, 0.1) is 13.8 Å². The van der Waals surface area contributed by atoms with E-state index in [0.717, 1.165) is 19.1 Å². The predicted octanol–water partition coefficient (Wildman–Crippen LogP) is 7.89. The SMILES string of the molecule is Cc1noc(C)c1-c1nc(-c2cccc(OCCCCOC(=O)NC(C)(C)C)c2O[Si](C)(C)C(C)(C)C)nc(NC2CCOCC2)c1C=O. The molecule has 49 heavy (non-hydrogen) atoms. The number of nitrogens with one attached hydrogen (secondary N) is 2. The summed E-state index contributed by atoms with van der Waals surface area (Å²) in [5.74, 6) is 2.48. The number of para-hydroxylation sites is 1. The summed E-state index contributed by atoms with van der Waals surface area (Å²) < 4.78 is 29.7. The van der Waals surface area contributed by atoms with Gasteiger partial charge in [0.2, 0.25) is 0 Å². The van der Waals surface area contributed by atoms with Crippen molar-refractivity contribution in [1.82, 2.24) is 20.4 Å². The maximum absolute atomic E-state index is 12.7. The Labute approximate surface area is 291 Å². The van der Waals surface area contributed by atoms with Crippen molar-refractivity contribution in [2.75, 3.05) is 31.7 Å². The molecule has 2 aromatic heterocycles. The molecule has 2 N–H and O–H groups in total. The van der Waals surface area contributed by atoms with Crippen LogP contribution < -0.4 is 19.8 Å². The highest BCUT2D eigenvalue weighted by Gasteiger charge is 2.40. The van der Waals surface area contributed by atoms with Gasteiger partial charge >= 0.3 is 6.09 Å². The number of rotatable bonds is 13. The number of unbranched alkanes of at least 4 members (excludes halogenated alkanes) is 1. The number of aromatic nitrogens is 3. The largest absolute Gasteiger partial charge is 0.541 e. The Kier molecular flexibility index (Phi) is 12.1. The maximum atomic E-state index is 12.7. The second-order valence-corrected chi connectivity index (χ2v) is 19.8. The lowest BCUT2D eigenvalue weighted by molar-refractivity contribution is 0.0903. The van der Waals surface area contributed by atoms with Gasteiger partial charge in [0.1, 0.15) is 11.6 Å². The highest BCUT2D eigenvalue weighted by atomic mass is 28.4. The molecule has 0 spiro atoms. The number of nitrogens with zero attached hydrogens (tertiary/aromatic N) is 3. The van der Waals surface area contributed by atoms with Crippen LogP contribution in [0.15, 0.2) is 22.7 Å². The summed E-state index contributed by atoms with van der Waals surface area (Å²) in [5, 5.41) is 10.3. The average Bonchev–Trinajstić information content (AvgIpc) is 3.35. The van der Waals surface area contributed by atoms with E-state index in [4.69, 9.17) is 33.1 Å². The molecule has 0 bridgehead atoms. The lowest BCUT2D eigenvalue weighted by Gasteiger charge is -2.37. The standard InChI is InChI=1S/C36H53N5O7Si/c1-23-29(24(2)47-41-23)30-27(22-42)33(37-25-16-20-44-21-17-25)39-32(38-30)26-14-13-15-28(31(26)48-49(9,10)36(6,7)8)45-18-11-12-19-46-34(43)40-35(3,4)5/h13-15,22,25H,11-12,16-21H2,1-10H3,(H,40,43)(H,37,38,39). The molecule has 1 aliphatic heterocycles. The third-order valence-electron chi connectivity index (χ3n) is 8.79. The summed E-state index contributed by atoms with van der Waals surface area (Å²) in [4.78, 5) is 34.7. The van der Waals surface area contributed by atoms with Crippen LogP contribution in [0.3, 0.4) is 0 Å². The minimum atomic E-state index is -2.40. The second kappa shape index (κ2) is 15.7. The van der Waals surface area contributed by atoms with Crippen molar-refractivity contribution < 1.29 is 32.7 Å². The van der Waals surface area contributed by atoms with Gasteiger partial charge in [-0.3, -0.25) is 4.79 Å². The Morgan fingerprint density at radius 1 is 1.04 bits per heavy atom. The molecule has 0 unspecified atom stereocenters. The maximum Gasteiger partial charge on any atom is 0.407 e. The molecule has 0 radical (unpaired) electrons. The lowest BCUT2D eigenvalue weighted by atomic mass is 10.0. The summed E-state index contributed by atoms with van der Waals surface area (Å²) >= 11 is 0. The lowest BCUT2D eigenvalue weighted by Crippen LogP contribution is -2.44. The molecule has 4 rings (SSSR count). The number of ether oxygens (including phenoxy) is 3. The number of amides is 1. The summed E-state index contributed by atoms with van der Waals surface area (Å²) in [6.45, 7) is 22.2. The number of alkyl carbamates (subject to hydrolysis) is 1. The van der Waals surface area contributed by atoms with Gasteiger partial charge in [0, 0.05) is 24.8 Å². The number of carbonyl (C=O) groups is 2. The minimum Gasteiger partial charge on any atom is -0.541 e. The first-order valence-corrected chi connectivity index (χ1v) is 20.0. The molecule has 1 aromatic carbocycles. The van der Waals surface area contributed by atoms with Gasteiger partial charge in [0.15, 0.2) is 23.6 Å². The smallest absolute Gasteiger partial charge is 0.407 e. The monoisotopic (exact) mass is 695 g/mol. The first-order chi connectivity index (χ1) is 23.0. The average molecular weight is 696 g/mol. The van der Waals surface area contributed by atoms with Crippen LogP contribution in [-0.4, -0.2) is 73.8 Å². The van der Waals surface area contributed by atoms with Gasteiger partial charge in [-0.05, 0) is 90.6 Å². The second-order valence-electron chi connectivity index (χ2n) is 15.1. The zero-order chi connectivity index (χ0) is 36.0. The number of hydrogen-bond acceptors (Lipinski definition) is 11. The van der Waals surface area contributed by atoms with Crippen LogP contribution in [0.25, 0.3) is 22.6 Å². The molecule has 1 saturated heterocycles. The van der Waals surface area contributed by atoms with E-state index in [0.29, 0.717) is 89.6 Å². The van der Waals surface area contributed by atoms with E-state index in [1.165, 1.54) is 0 Å². The number of anilines is 1. The third-order valence-corrected chi connectivity index (χ3v) is 13.1. The molecule has 13 heteroatoms. The fourth-order valence-electron chi connectivity index (χ4n) is 5.07. The molecule has 1 amide bonds. The van der Waals surface area contributed by atoms with E-state index < -0.39 is 14.4 Å². The van der Waals surface area contributed by atoms with Crippen LogP contribution in [0.1, 0.15) is 89.0 Å². The summed E-state index contributed by atoms with van der Waals surface area (Å²) in [7, 11) is -2.40. The van der Waals surface area contributed by atoms with Crippen molar-refractivity contribution in [2.24, 2.45) is 0 Å². The summed E-state index contributed by atoms with van der Waals surface area (Å²) in [5.41, 5.74) is 2.33. The van der Waals surface area contributed by atoms with E-state index in [2.05, 4.69) is 49.7 Å². The number of benzene rings is 1. The minimum absolute atomic E-state index is 0.0776. The fourth-order valence-corrected chi connectivity index (χ4v) is 6.10. The Hall–Kier alpha value is -3.97. The van der Waals surface area contributed by atoms with E-state index in [1.807, 2.05) is 45.9 Å². The van der Waals surface area contributed by atoms with Crippen molar-refractivity contribution in [3.05, 3.63) is 35.2 Å². The molecular weight excluding hydrogens is 643 g/mol. The van der Waals surface area contributed by atoms with Crippen molar-refractivity contribution in [3.8, 4) is 34.1 Å². The van der Waals surface area contributed by atoms with Crippen LogP contribution in [0.2, 0.25) is 18.1 Å². The molecule has 268 valence electrons. The Bertz CT molecular complexity index is 1580. The fraction of sp³-hybridized carbons (Fsp3) is 0.583. The topological polar surface area (TPSA) is 147 Å². The first kappa shape index (κ1) is 37.8.